The molecule has 0 aliphatic rings. The van der Waals surface area contributed by atoms with Crippen LogP contribution in [0.3, 0.4) is 0 Å². The predicted molar refractivity (Wildman–Crippen MR) is 31.8 cm³/mol. The highest BCUT2D eigenvalue weighted by Gasteiger charge is 1.87. The van der Waals surface area contributed by atoms with E-state index < -0.39 is 6.03 Å². The van der Waals surface area contributed by atoms with E-state index in [-0.39, 0.29) is 0 Å². The van der Waals surface area contributed by atoms with Crippen molar-refractivity contribution < 1.29 is 4.79 Å². The van der Waals surface area contributed by atoms with Gasteiger partial charge in [0.05, 0.1) is 0 Å². The molecule has 1 radical (unpaired) electrons. The van der Waals surface area contributed by atoms with Crippen molar-refractivity contribution in [1.29, 1.82) is 0 Å². The van der Waals surface area contributed by atoms with Crippen molar-refractivity contribution in [3.05, 3.63) is 18.7 Å². The second-order valence-corrected chi connectivity index (χ2v) is 1.30. The Hall–Kier alpha value is -0.990. The standard InChI is InChI=1S/C5H9N2O/c1-3-4(2)7-5(6)8/h3H,2H2,1H3,(H3,6,7,8). The van der Waals surface area contributed by atoms with E-state index in [9.17, 15) is 4.79 Å². The zero-order valence-electron chi connectivity index (χ0n) is 4.77. The van der Waals surface area contributed by atoms with Crippen LogP contribution >= 0.6 is 0 Å². The molecule has 0 aromatic heterocycles. The van der Waals surface area contributed by atoms with Gasteiger partial charge in [-0.05, 0) is 13.8 Å². The summed E-state index contributed by atoms with van der Waals surface area (Å²) in [6, 6.07) is -0.576. The molecule has 0 saturated carbocycles. The monoisotopic (exact) mass is 113 g/mol. The van der Waals surface area contributed by atoms with Crippen LogP contribution in [0, 0.1) is 6.92 Å². The fraction of sp³-hybridized carbons (Fsp3) is 0.200. The SMILES string of the molecule is [CH2]C(=CC)NC(N)=O. The highest BCUT2D eigenvalue weighted by molar-refractivity contribution is 5.73. The number of hydrogen-bond donors (Lipinski definition) is 2. The third-order valence-corrected chi connectivity index (χ3v) is 0.632. The topological polar surface area (TPSA) is 55.1 Å². The average Bonchev–Trinajstić information content (AvgIpc) is 1.65. The minimum atomic E-state index is -0.576. The fourth-order valence-corrected chi connectivity index (χ4v) is 0.230. The van der Waals surface area contributed by atoms with E-state index >= 15 is 0 Å². The zero-order chi connectivity index (χ0) is 6.57. The Bertz CT molecular complexity index is 118. The molecule has 0 unspecified atom stereocenters. The summed E-state index contributed by atoms with van der Waals surface area (Å²) in [6.45, 7) is 5.21. The third-order valence-electron chi connectivity index (χ3n) is 0.632. The quantitative estimate of drug-likeness (QED) is 0.508. The van der Waals surface area contributed by atoms with Gasteiger partial charge in [0.2, 0.25) is 0 Å². The first kappa shape index (κ1) is 7.01. The van der Waals surface area contributed by atoms with E-state index in [1.807, 2.05) is 0 Å². The minimum absolute atomic E-state index is 0.525. The molecule has 0 saturated heterocycles. The fourth-order valence-electron chi connectivity index (χ4n) is 0.230. The maximum Gasteiger partial charge on any atom is 0.316 e. The number of amides is 2. The number of primary amides is 1. The molecule has 0 rings (SSSR count). The summed E-state index contributed by atoms with van der Waals surface area (Å²) < 4.78 is 0. The van der Waals surface area contributed by atoms with Crippen molar-refractivity contribution >= 4 is 6.03 Å². The van der Waals surface area contributed by atoms with Crippen LogP contribution in [-0.2, 0) is 0 Å². The maximum absolute atomic E-state index is 10.00. The molecule has 3 N–H and O–H groups in total. The zero-order valence-corrected chi connectivity index (χ0v) is 4.77. The lowest BCUT2D eigenvalue weighted by Crippen LogP contribution is -2.27. The lowest BCUT2D eigenvalue weighted by Gasteiger charge is -1.96. The largest absolute Gasteiger partial charge is 0.351 e. The second-order valence-electron chi connectivity index (χ2n) is 1.30. The number of allylic oxidation sites excluding steroid dienone is 2. The lowest BCUT2D eigenvalue weighted by atomic mass is 10.5. The Morgan fingerprint density at radius 3 is 2.50 bits per heavy atom. The van der Waals surface area contributed by atoms with Gasteiger partial charge >= 0.3 is 6.03 Å². The van der Waals surface area contributed by atoms with Gasteiger partial charge in [-0.15, -0.1) is 0 Å². The van der Waals surface area contributed by atoms with Crippen molar-refractivity contribution in [1.82, 2.24) is 5.32 Å². The van der Waals surface area contributed by atoms with Gasteiger partial charge in [0.1, 0.15) is 0 Å². The molecule has 0 aromatic rings. The highest BCUT2D eigenvalue weighted by atomic mass is 16.2. The summed E-state index contributed by atoms with van der Waals surface area (Å²) >= 11 is 0. The van der Waals surface area contributed by atoms with Crippen molar-refractivity contribution in [2.45, 2.75) is 6.92 Å². The Morgan fingerprint density at radius 2 is 2.38 bits per heavy atom. The molecule has 0 bridgehead atoms. The average molecular weight is 113 g/mol. The summed E-state index contributed by atoms with van der Waals surface area (Å²) in [5.74, 6) is 0. The van der Waals surface area contributed by atoms with Gasteiger partial charge in [-0.3, -0.25) is 0 Å². The van der Waals surface area contributed by atoms with Crippen LogP contribution in [0.1, 0.15) is 6.92 Å². The number of nitrogens with one attached hydrogen (secondary N) is 1. The van der Waals surface area contributed by atoms with E-state index in [0.29, 0.717) is 5.70 Å². The number of nitrogens with two attached hydrogens (primary N) is 1. The van der Waals surface area contributed by atoms with Gasteiger partial charge in [-0.1, -0.05) is 6.08 Å². The van der Waals surface area contributed by atoms with Gasteiger partial charge in [0.25, 0.3) is 0 Å². The van der Waals surface area contributed by atoms with Crippen LogP contribution in [0.4, 0.5) is 4.79 Å². The Balaban J connectivity index is 3.56. The summed E-state index contributed by atoms with van der Waals surface area (Å²) in [4.78, 5) is 10.00. The first-order valence-corrected chi connectivity index (χ1v) is 2.21. The van der Waals surface area contributed by atoms with E-state index in [2.05, 4.69) is 12.2 Å². The summed E-state index contributed by atoms with van der Waals surface area (Å²) in [6.07, 6.45) is 1.66. The molecule has 0 atom stereocenters. The first-order chi connectivity index (χ1) is 3.66. The third kappa shape index (κ3) is 3.21. The van der Waals surface area contributed by atoms with Crippen molar-refractivity contribution in [3.8, 4) is 0 Å². The number of carbonyl (C=O) groups excluding carboxylic acids is 1. The van der Waals surface area contributed by atoms with Gasteiger partial charge in [-0.2, -0.15) is 0 Å². The van der Waals surface area contributed by atoms with E-state index in [4.69, 9.17) is 5.73 Å². The van der Waals surface area contributed by atoms with Crippen LogP contribution in [0.2, 0.25) is 0 Å². The van der Waals surface area contributed by atoms with Crippen LogP contribution in [0.25, 0.3) is 0 Å². The molecular formula is C5H9N2O. The maximum atomic E-state index is 10.00. The Labute approximate surface area is 48.6 Å². The van der Waals surface area contributed by atoms with Crippen LogP contribution < -0.4 is 11.1 Å². The van der Waals surface area contributed by atoms with Crippen molar-refractivity contribution in [3.63, 3.8) is 0 Å². The van der Waals surface area contributed by atoms with Gasteiger partial charge in [0.15, 0.2) is 0 Å². The molecule has 45 valence electrons. The Morgan fingerprint density at radius 1 is 1.88 bits per heavy atom. The summed E-state index contributed by atoms with van der Waals surface area (Å²) in [5.41, 5.74) is 5.26. The highest BCUT2D eigenvalue weighted by Crippen LogP contribution is 1.80. The lowest BCUT2D eigenvalue weighted by molar-refractivity contribution is 0.251. The number of hydrogen-bond acceptors (Lipinski definition) is 1. The summed E-state index contributed by atoms with van der Waals surface area (Å²) in [5, 5.41) is 2.28. The number of rotatable bonds is 1. The molecule has 0 aliphatic heterocycles. The van der Waals surface area contributed by atoms with Gasteiger partial charge < -0.3 is 11.1 Å². The van der Waals surface area contributed by atoms with E-state index in [0.717, 1.165) is 0 Å². The first-order valence-electron chi connectivity index (χ1n) is 2.21. The number of carbonyl (C=O) groups is 1. The molecule has 0 aliphatic carbocycles. The normalized spacial score (nSPS) is 11.0. The molecule has 2 amide bonds. The van der Waals surface area contributed by atoms with Crippen LogP contribution in [0.5, 0.6) is 0 Å². The smallest absolute Gasteiger partial charge is 0.316 e. The molecule has 0 fully saturated rings. The van der Waals surface area contributed by atoms with Crippen LogP contribution in [0.15, 0.2) is 11.8 Å². The van der Waals surface area contributed by atoms with E-state index in [1.165, 1.54) is 0 Å². The van der Waals surface area contributed by atoms with Gasteiger partial charge in [0, 0.05) is 5.70 Å². The molecule has 8 heavy (non-hydrogen) atoms. The van der Waals surface area contributed by atoms with Gasteiger partial charge in [-0.25, -0.2) is 4.79 Å². The molecular weight excluding hydrogens is 104 g/mol. The van der Waals surface area contributed by atoms with Crippen LogP contribution in [-0.4, -0.2) is 6.03 Å². The predicted octanol–water partition coefficient (Wildman–Crippen LogP) is 0.393. The summed E-state index contributed by atoms with van der Waals surface area (Å²) in [7, 11) is 0. The van der Waals surface area contributed by atoms with Crippen molar-refractivity contribution in [2.24, 2.45) is 5.73 Å². The molecule has 0 aromatic carbocycles. The number of urea groups is 1. The minimum Gasteiger partial charge on any atom is -0.351 e. The second kappa shape index (κ2) is 3.07. The van der Waals surface area contributed by atoms with Crippen molar-refractivity contribution in [2.75, 3.05) is 0 Å². The molecule has 0 heterocycles. The molecule has 3 nitrogen and oxygen atoms in total. The van der Waals surface area contributed by atoms with E-state index in [1.54, 1.807) is 13.0 Å². The molecule has 0 spiro atoms. The Kier molecular flexibility index (Phi) is 2.69. The molecule has 3 heteroatoms.